The van der Waals surface area contributed by atoms with E-state index in [0.717, 1.165) is 30.8 Å². The molecule has 0 N–H and O–H groups in total. The lowest BCUT2D eigenvalue weighted by Gasteiger charge is -2.34. The number of piperidine rings is 1. The van der Waals surface area contributed by atoms with Gasteiger partial charge in [-0.05, 0) is 30.4 Å². The summed E-state index contributed by atoms with van der Waals surface area (Å²) in [5.74, 6) is -0.227. The van der Waals surface area contributed by atoms with Gasteiger partial charge < -0.3 is 4.90 Å². The van der Waals surface area contributed by atoms with E-state index in [1.165, 1.54) is 37.8 Å². The van der Waals surface area contributed by atoms with Gasteiger partial charge in [-0.15, -0.1) is 0 Å². The summed E-state index contributed by atoms with van der Waals surface area (Å²) < 4.78 is 0. The van der Waals surface area contributed by atoms with Gasteiger partial charge in [0.05, 0.1) is 5.92 Å². The third kappa shape index (κ3) is 5.87. The van der Waals surface area contributed by atoms with Crippen molar-refractivity contribution in [2.24, 2.45) is 11.8 Å². The van der Waals surface area contributed by atoms with Crippen LogP contribution in [0.15, 0.2) is 12.2 Å². The van der Waals surface area contributed by atoms with E-state index in [0.29, 0.717) is 11.2 Å². The monoisotopic (exact) mass is 366 g/mol. The Balaban J connectivity index is 1.70. The molecule has 0 aromatic rings. The van der Waals surface area contributed by atoms with Gasteiger partial charge in [0, 0.05) is 31.8 Å². The Morgan fingerprint density at radius 2 is 1.76 bits per heavy atom. The molecule has 1 saturated heterocycles. The molecule has 0 aromatic carbocycles. The maximum Gasteiger partial charge on any atom is 0.253 e. The molecule has 2 aliphatic rings. The lowest BCUT2D eigenvalue weighted by Crippen LogP contribution is -2.45. The first-order valence-corrected chi connectivity index (χ1v) is 9.90. The minimum atomic E-state index is -0.346. The van der Waals surface area contributed by atoms with Gasteiger partial charge in [0.1, 0.15) is 0 Å². The highest BCUT2D eigenvalue weighted by Gasteiger charge is 2.31. The number of unbranched alkanes of at least 4 members (excludes halogenated alkanes) is 1. The van der Waals surface area contributed by atoms with Crippen LogP contribution >= 0.6 is 12.6 Å². The fourth-order valence-electron chi connectivity index (χ4n) is 3.59. The van der Waals surface area contributed by atoms with Crippen molar-refractivity contribution in [2.75, 3.05) is 19.6 Å². The zero-order valence-corrected chi connectivity index (χ0v) is 16.2. The highest BCUT2D eigenvalue weighted by Crippen LogP contribution is 2.24. The topological polar surface area (TPSA) is 57.7 Å². The molecule has 1 unspecified atom stereocenters. The van der Waals surface area contributed by atoms with Crippen molar-refractivity contribution in [3.63, 3.8) is 0 Å². The first-order chi connectivity index (χ1) is 11.9. The van der Waals surface area contributed by atoms with E-state index < -0.39 is 0 Å². The zero-order chi connectivity index (χ0) is 18.4. The van der Waals surface area contributed by atoms with Crippen LogP contribution in [0.1, 0.15) is 52.4 Å². The van der Waals surface area contributed by atoms with Gasteiger partial charge in [0.2, 0.25) is 5.91 Å². The van der Waals surface area contributed by atoms with Crippen LogP contribution in [0.25, 0.3) is 0 Å². The van der Waals surface area contributed by atoms with Gasteiger partial charge in [-0.25, -0.2) is 0 Å². The molecule has 3 amide bonds. The van der Waals surface area contributed by atoms with Crippen molar-refractivity contribution in [3.8, 4) is 0 Å². The second-order valence-electron chi connectivity index (χ2n) is 7.42. The predicted octanol–water partition coefficient (Wildman–Crippen LogP) is 2.66. The van der Waals surface area contributed by atoms with Crippen LogP contribution in [0.2, 0.25) is 0 Å². The first-order valence-electron chi connectivity index (χ1n) is 9.39. The zero-order valence-electron chi connectivity index (χ0n) is 15.3. The molecule has 140 valence electrons. The molecule has 0 aliphatic carbocycles. The SMILES string of the molecule is CC(CN1C(=O)C=CC1=O)C(=O)N1CCC(CCCC[C@H](C)S)CC1. The minimum Gasteiger partial charge on any atom is -0.342 e. The third-order valence-electron chi connectivity index (χ3n) is 5.19. The number of hydrogen-bond acceptors (Lipinski definition) is 4. The summed E-state index contributed by atoms with van der Waals surface area (Å²) in [7, 11) is 0. The van der Waals surface area contributed by atoms with E-state index in [1.807, 2.05) is 4.90 Å². The van der Waals surface area contributed by atoms with Gasteiger partial charge >= 0.3 is 0 Å². The molecular formula is C19H30N2O3S. The van der Waals surface area contributed by atoms with E-state index in [1.54, 1.807) is 6.92 Å². The number of nitrogens with zero attached hydrogens (tertiary/aromatic N) is 2. The summed E-state index contributed by atoms with van der Waals surface area (Å²) in [5, 5.41) is 0.477. The van der Waals surface area contributed by atoms with Gasteiger partial charge in [-0.3, -0.25) is 19.3 Å². The normalized spacial score (nSPS) is 21.1. The van der Waals surface area contributed by atoms with Crippen LogP contribution in [0, 0.1) is 11.8 Å². The molecule has 25 heavy (non-hydrogen) atoms. The van der Waals surface area contributed by atoms with Crippen LogP contribution < -0.4 is 0 Å². The number of rotatable bonds is 8. The summed E-state index contributed by atoms with van der Waals surface area (Å²) in [6, 6.07) is 0. The largest absolute Gasteiger partial charge is 0.342 e. The Kier molecular flexibility index (Phi) is 7.54. The van der Waals surface area contributed by atoms with Crippen molar-refractivity contribution in [2.45, 2.75) is 57.6 Å². The summed E-state index contributed by atoms with van der Waals surface area (Å²) >= 11 is 4.41. The molecule has 0 aromatic heterocycles. The molecule has 2 aliphatic heterocycles. The van der Waals surface area contributed by atoms with Crippen LogP contribution in [-0.4, -0.2) is 52.4 Å². The quantitative estimate of drug-likeness (QED) is 0.408. The van der Waals surface area contributed by atoms with Crippen molar-refractivity contribution in [1.82, 2.24) is 9.80 Å². The number of likely N-dealkylation sites (tertiary alicyclic amines) is 1. The molecule has 2 heterocycles. The second kappa shape index (κ2) is 9.41. The van der Waals surface area contributed by atoms with Crippen LogP contribution in [-0.2, 0) is 14.4 Å². The number of hydrogen-bond donors (Lipinski definition) is 1. The van der Waals surface area contributed by atoms with Gasteiger partial charge in [-0.1, -0.05) is 33.1 Å². The van der Waals surface area contributed by atoms with E-state index in [4.69, 9.17) is 0 Å². The average Bonchev–Trinajstić information content (AvgIpc) is 2.90. The van der Waals surface area contributed by atoms with Crippen LogP contribution in [0.5, 0.6) is 0 Å². The number of imide groups is 1. The Bertz CT molecular complexity index is 507. The molecule has 2 rings (SSSR count). The molecule has 0 saturated carbocycles. The van der Waals surface area contributed by atoms with Gasteiger partial charge in [0.25, 0.3) is 11.8 Å². The molecule has 0 radical (unpaired) electrons. The summed E-state index contributed by atoms with van der Waals surface area (Å²) in [4.78, 5) is 38.9. The average molecular weight is 367 g/mol. The third-order valence-corrected chi connectivity index (χ3v) is 5.45. The van der Waals surface area contributed by atoms with Gasteiger partial charge in [-0.2, -0.15) is 12.6 Å². The number of carbonyl (C=O) groups excluding carboxylic acids is 3. The van der Waals surface area contributed by atoms with E-state index in [9.17, 15) is 14.4 Å². The maximum atomic E-state index is 12.6. The Labute approximate surface area is 156 Å². The molecule has 2 atom stereocenters. The van der Waals surface area contributed by atoms with Gasteiger partial charge in [0.15, 0.2) is 0 Å². The molecule has 0 spiro atoms. The molecule has 1 fully saturated rings. The predicted molar refractivity (Wildman–Crippen MR) is 101 cm³/mol. The lowest BCUT2D eigenvalue weighted by molar-refractivity contribution is -0.141. The molecule has 6 heteroatoms. The standard InChI is InChI=1S/C19H30N2O3S/c1-14(13-21-17(22)7-8-18(21)23)19(24)20-11-9-16(10-12-20)6-4-3-5-15(2)25/h7-8,14-16,25H,3-6,9-13H2,1-2H3/t14?,15-/m0/s1. The van der Waals surface area contributed by atoms with E-state index in [2.05, 4.69) is 19.6 Å². The Morgan fingerprint density at radius 3 is 2.32 bits per heavy atom. The summed E-state index contributed by atoms with van der Waals surface area (Å²) in [6.07, 6.45) is 9.51. The van der Waals surface area contributed by atoms with Crippen molar-refractivity contribution in [1.29, 1.82) is 0 Å². The number of amides is 3. The van der Waals surface area contributed by atoms with Crippen molar-refractivity contribution in [3.05, 3.63) is 12.2 Å². The fraction of sp³-hybridized carbons (Fsp3) is 0.737. The van der Waals surface area contributed by atoms with Crippen molar-refractivity contribution < 1.29 is 14.4 Å². The highest BCUT2D eigenvalue weighted by atomic mass is 32.1. The van der Waals surface area contributed by atoms with Crippen molar-refractivity contribution >= 4 is 30.4 Å². The first kappa shape index (κ1) is 20.0. The highest BCUT2D eigenvalue weighted by molar-refractivity contribution is 7.80. The Hall–Kier alpha value is -1.30. The summed E-state index contributed by atoms with van der Waals surface area (Å²) in [5.41, 5.74) is 0. The van der Waals surface area contributed by atoms with Crippen LogP contribution in [0.4, 0.5) is 0 Å². The molecule has 5 nitrogen and oxygen atoms in total. The van der Waals surface area contributed by atoms with E-state index >= 15 is 0 Å². The maximum absolute atomic E-state index is 12.6. The lowest BCUT2D eigenvalue weighted by atomic mass is 9.90. The second-order valence-corrected chi connectivity index (χ2v) is 8.31. The minimum absolute atomic E-state index is 0.0508. The molecular weight excluding hydrogens is 336 g/mol. The number of carbonyl (C=O) groups is 3. The fourth-order valence-corrected chi connectivity index (χ4v) is 3.77. The summed E-state index contributed by atoms with van der Waals surface area (Å²) in [6.45, 7) is 5.68. The number of thiol groups is 1. The molecule has 0 bridgehead atoms. The smallest absolute Gasteiger partial charge is 0.253 e. The Morgan fingerprint density at radius 1 is 1.16 bits per heavy atom. The van der Waals surface area contributed by atoms with Crippen LogP contribution in [0.3, 0.4) is 0 Å². The van der Waals surface area contributed by atoms with E-state index in [-0.39, 0.29) is 30.2 Å².